The van der Waals surface area contributed by atoms with Crippen LogP contribution >= 0.6 is 11.6 Å². The molecule has 0 aliphatic rings. The molecule has 0 saturated carbocycles. The van der Waals surface area contributed by atoms with Crippen molar-refractivity contribution in [1.29, 1.82) is 0 Å². The summed E-state index contributed by atoms with van der Waals surface area (Å²) in [4.78, 5) is 0. The Balaban J connectivity index is 2.37. The first kappa shape index (κ1) is 14.3. The topological polar surface area (TPSA) is 21.3 Å². The number of hydrogen-bond donors (Lipinski definition) is 1. The summed E-state index contributed by atoms with van der Waals surface area (Å²) < 4.78 is 5.89. The second kappa shape index (κ2) is 7.57. The highest BCUT2D eigenvalue weighted by molar-refractivity contribution is 6.30. The maximum atomic E-state index is 5.91. The van der Waals surface area contributed by atoms with Crippen LogP contribution in [0, 0.1) is 6.92 Å². The Morgan fingerprint density at radius 1 is 1.41 bits per heavy atom. The molecule has 0 aliphatic heterocycles. The maximum absolute atomic E-state index is 5.91. The third-order valence-electron chi connectivity index (χ3n) is 2.68. The lowest BCUT2D eigenvalue weighted by Gasteiger charge is -2.16. The molecule has 0 bridgehead atoms. The molecule has 1 N–H and O–H groups in total. The summed E-state index contributed by atoms with van der Waals surface area (Å²) in [5, 5.41) is 4.07. The van der Waals surface area contributed by atoms with Crippen LogP contribution in [0.4, 0.5) is 0 Å². The zero-order valence-corrected chi connectivity index (χ0v) is 11.7. The van der Waals surface area contributed by atoms with Crippen molar-refractivity contribution >= 4 is 11.6 Å². The molecule has 0 fully saturated rings. The predicted octanol–water partition coefficient (Wildman–Crippen LogP) is 3.81. The Hall–Kier alpha value is -0.730. The molecule has 0 heterocycles. The minimum atomic E-state index is 0.244. The molecular formula is C14H22ClNO. The fourth-order valence-electron chi connectivity index (χ4n) is 1.71. The molecule has 96 valence electrons. The minimum Gasteiger partial charge on any atom is -0.490 e. The molecule has 2 nitrogen and oxygen atoms in total. The van der Waals surface area contributed by atoms with Gasteiger partial charge in [0, 0.05) is 5.02 Å². The number of halogens is 1. The Morgan fingerprint density at radius 2 is 2.18 bits per heavy atom. The van der Waals surface area contributed by atoms with Gasteiger partial charge in [-0.25, -0.2) is 0 Å². The molecule has 0 spiro atoms. The van der Waals surface area contributed by atoms with Crippen molar-refractivity contribution in [3.05, 3.63) is 28.8 Å². The second-order valence-electron chi connectivity index (χ2n) is 4.33. The molecule has 17 heavy (non-hydrogen) atoms. The van der Waals surface area contributed by atoms with Gasteiger partial charge in [0.25, 0.3) is 0 Å². The highest BCUT2D eigenvalue weighted by atomic mass is 35.5. The van der Waals surface area contributed by atoms with Gasteiger partial charge in [0.15, 0.2) is 0 Å². The van der Waals surface area contributed by atoms with Gasteiger partial charge in [-0.2, -0.15) is 0 Å². The number of benzene rings is 1. The van der Waals surface area contributed by atoms with Gasteiger partial charge in [-0.15, -0.1) is 0 Å². The van der Waals surface area contributed by atoms with Gasteiger partial charge >= 0.3 is 0 Å². The summed E-state index contributed by atoms with van der Waals surface area (Å²) >= 11 is 5.91. The minimum absolute atomic E-state index is 0.244. The summed E-state index contributed by atoms with van der Waals surface area (Å²) in [6, 6.07) is 5.75. The molecule has 0 saturated heterocycles. The van der Waals surface area contributed by atoms with Gasteiger partial charge in [0.05, 0.1) is 6.10 Å². The van der Waals surface area contributed by atoms with Crippen LogP contribution in [-0.2, 0) is 0 Å². The van der Waals surface area contributed by atoms with E-state index in [-0.39, 0.29) is 6.10 Å². The molecule has 3 heteroatoms. The van der Waals surface area contributed by atoms with Crippen molar-refractivity contribution in [2.75, 3.05) is 13.1 Å². The lowest BCUT2D eigenvalue weighted by Crippen LogP contribution is -2.18. The largest absolute Gasteiger partial charge is 0.490 e. The quantitative estimate of drug-likeness (QED) is 0.749. The monoisotopic (exact) mass is 255 g/mol. The number of rotatable bonds is 7. The molecule has 1 rings (SSSR count). The van der Waals surface area contributed by atoms with Crippen LogP contribution in [0.2, 0.25) is 5.02 Å². The Kier molecular flexibility index (Phi) is 6.38. The van der Waals surface area contributed by atoms with E-state index >= 15 is 0 Å². The van der Waals surface area contributed by atoms with Gasteiger partial charge in [0.2, 0.25) is 0 Å². The van der Waals surface area contributed by atoms with Gasteiger partial charge in [-0.3, -0.25) is 0 Å². The number of aryl methyl sites for hydroxylation is 1. The molecule has 1 unspecified atom stereocenters. The molecule has 0 aliphatic carbocycles. The van der Waals surface area contributed by atoms with Gasteiger partial charge in [-0.1, -0.05) is 18.5 Å². The van der Waals surface area contributed by atoms with Crippen LogP contribution in [-0.4, -0.2) is 19.2 Å². The van der Waals surface area contributed by atoms with E-state index in [1.165, 1.54) is 0 Å². The van der Waals surface area contributed by atoms with E-state index in [1.54, 1.807) is 0 Å². The molecule has 0 amide bonds. The average Bonchev–Trinajstić information content (AvgIpc) is 2.28. The maximum Gasteiger partial charge on any atom is 0.122 e. The first-order chi connectivity index (χ1) is 8.13. The van der Waals surface area contributed by atoms with Crippen LogP contribution in [0.25, 0.3) is 0 Å². The van der Waals surface area contributed by atoms with Crippen LogP contribution in [0.15, 0.2) is 18.2 Å². The van der Waals surface area contributed by atoms with E-state index in [4.69, 9.17) is 16.3 Å². The van der Waals surface area contributed by atoms with Crippen molar-refractivity contribution in [3.63, 3.8) is 0 Å². The third-order valence-corrected chi connectivity index (χ3v) is 2.91. The van der Waals surface area contributed by atoms with E-state index in [9.17, 15) is 0 Å². The van der Waals surface area contributed by atoms with Gasteiger partial charge in [0.1, 0.15) is 5.75 Å². The molecule has 1 atom stereocenters. The fourth-order valence-corrected chi connectivity index (χ4v) is 1.94. The van der Waals surface area contributed by atoms with Crippen molar-refractivity contribution in [1.82, 2.24) is 5.32 Å². The molecule has 1 aromatic rings. The summed E-state index contributed by atoms with van der Waals surface area (Å²) in [6.45, 7) is 8.35. The van der Waals surface area contributed by atoms with Crippen molar-refractivity contribution in [3.8, 4) is 5.75 Å². The van der Waals surface area contributed by atoms with Crippen molar-refractivity contribution in [2.45, 2.75) is 39.7 Å². The summed E-state index contributed by atoms with van der Waals surface area (Å²) in [5.74, 6) is 0.936. The summed E-state index contributed by atoms with van der Waals surface area (Å²) in [5.41, 5.74) is 1.09. The van der Waals surface area contributed by atoms with Crippen LogP contribution in [0.5, 0.6) is 5.75 Å². The Bertz CT molecular complexity index is 341. The van der Waals surface area contributed by atoms with Gasteiger partial charge in [-0.05, 0) is 63.5 Å². The molecule has 0 radical (unpaired) electrons. The van der Waals surface area contributed by atoms with Crippen molar-refractivity contribution in [2.24, 2.45) is 0 Å². The molecular weight excluding hydrogens is 234 g/mol. The highest BCUT2D eigenvalue weighted by Gasteiger charge is 2.06. The number of hydrogen-bond acceptors (Lipinski definition) is 2. The number of ether oxygens (including phenoxy) is 1. The standard InChI is InChI=1S/C14H22ClNO/c1-4-16-9-5-6-12(3)17-14-8-7-13(15)10-11(14)2/h7-8,10,12,16H,4-6,9H2,1-3H3. The average molecular weight is 256 g/mol. The smallest absolute Gasteiger partial charge is 0.122 e. The second-order valence-corrected chi connectivity index (χ2v) is 4.77. The summed E-state index contributed by atoms with van der Waals surface area (Å²) in [7, 11) is 0. The third kappa shape index (κ3) is 5.42. The Morgan fingerprint density at radius 3 is 2.82 bits per heavy atom. The first-order valence-electron chi connectivity index (χ1n) is 6.27. The van der Waals surface area contributed by atoms with Crippen LogP contribution in [0.1, 0.15) is 32.3 Å². The van der Waals surface area contributed by atoms with E-state index in [0.29, 0.717) is 0 Å². The summed E-state index contributed by atoms with van der Waals surface area (Å²) in [6.07, 6.45) is 2.45. The van der Waals surface area contributed by atoms with Gasteiger partial charge < -0.3 is 10.1 Å². The molecule has 0 aromatic heterocycles. The lowest BCUT2D eigenvalue weighted by atomic mass is 10.2. The highest BCUT2D eigenvalue weighted by Crippen LogP contribution is 2.23. The first-order valence-corrected chi connectivity index (χ1v) is 6.64. The zero-order valence-electron chi connectivity index (χ0n) is 10.9. The SMILES string of the molecule is CCNCCCC(C)Oc1ccc(Cl)cc1C. The fraction of sp³-hybridized carbons (Fsp3) is 0.571. The lowest BCUT2D eigenvalue weighted by molar-refractivity contribution is 0.206. The van der Waals surface area contributed by atoms with E-state index < -0.39 is 0 Å². The predicted molar refractivity (Wildman–Crippen MR) is 74.1 cm³/mol. The van der Waals surface area contributed by atoms with Crippen LogP contribution < -0.4 is 10.1 Å². The number of nitrogens with one attached hydrogen (secondary N) is 1. The zero-order chi connectivity index (χ0) is 12.7. The van der Waals surface area contributed by atoms with E-state index in [2.05, 4.69) is 19.2 Å². The van der Waals surface area contributed by atoms with E-state index in [1.807, 2.05) is 25.1 Å². The molecule has 1 aromatic carbocycles. The van der Waals surface area contributed by atoms with E-state index in [0.717, 1.165) is 42.3 Å². The Labute approximate surface area is 109 Å². The normalized spacial score (nSPS) is 12.5. The van der Waals surface area contributed by atoms with Crippen LogP contribution in [0.3, 0.4) is 0 Å². The van der Waals surface area contributed by atoms with Crippen molar-refractivity contribution < 1.29 is 4.74 Å².